The number of hydrogen-bond acceptors (Lipinski definition) is 5. The van der Waals surface area contributed by atoms with Crippen LogP contribution < -0.4 is 0 Å². The smallest absolute Gasteiger partial charge is 0.269 e. The summed E-state index contributed by atoms with van der Waals surface area (Å²) in [7, 11) is -2.15. The lowest BCUT2D eigenvalue weighted by Crippen LogP contribution is -2.42. The molecule has 1 aromatic carbocycles. The van der Waals surface area contributed by atoms with Crippen LogP contribution in [-0.4, -0.2) is 30.2 Å². The number of nitro groups is 1. The van der Waals surface area contributed by atoms with Crippen LogP contribution in [-0.2, 0) is 9.22 Å². The number of carbonyl (C=O) groups excluding carboxylic acids is 1. The fraction of sp³-hybridized carbons (Fsp3) is 0.632. The molecule has 0 aromatic heterocycles. The Morgan fingerprint density at radius 3 is 2.19 bits per heavy atom. The van der Waals surface area contributed by atoms with Gasteiger partial charge in [-0.15, -0.1) is 0 Å². The Labute approximate surface area is 156 Å². The van der Waals surface area contributed by atoms with Gasteiger partial charge in [0.15, 0.2) is 8.32 Å². The van der Waals surface area contributed by atoms with Crippen LogP contribution in [0.5, 0.6) is 0 Å². The summed E-state index contributed by atoms with van der Waals surface area (Å²) in [4.78, 5) is 22.8. The molecule has 1 N–H and O–H groups in total. The van der Waals surface area contributed by atoms with Crippen molar-refractivity contribution in [3.63, 3.8) is 0 Å². The number of carbonyl (C=O) groups is 1. The molecular weight excluding hydrogens is 350 g/mol. The van der Waals surface area contributed by atoms with Crippen molar-refractivity contribution in [2.75, 3.05) is 0 Å². The van der Waals surface area contributed by atoms with E-state index < -0.39 is 25.4 Å². The van der Waals surface area contributed by atoms with Gasteiger partial charge in [-0.3, -0.25) is 14.9 Å². The van der Waals surface area contributed by atoms with E-state index in [0.717, 1.165) is 5.56 Å². The number of rotatable bonds is 9. The first-order valence-corrected chi connectivity index (χ1v) is 11.9. The number of ketones is 1. The quantitative estimate of drug-likeness (QED) is 0.378. The van der Waals surface area contributed by atoms with Gasteiger partial charge in [-0.05, 0) is 42.2 Å². The maximum absolute atomic E-state index is 12.4. The largest absolute Gasteiger partial charge is 0.409 e. The molecule has 0 saturated carbocycles. The summed E-state index contributed by atoms with van der Waals surface area (Å²) in [5.74, 6) is -0.0681. The number of benzene rings is 1. The first-order valence-electron chi connectivity index (χ1n) is 8.99. The zero-order valence-electron chi connectivity index (χ0n) is 16.6. The van der Waals surface area contributed by atoms with Crippen LogP contribution in [0.3, 0.4) is 0 Å². The highest BCUT2D eigenvalue weighted by atomic mass is 28.4. The third-order valence-corrected chi connectivity index (χ3v) is 9.55. The number of non-ortho nitro benzene ring substituents is 1. The van der Waals surface area contributed by atoms with Gasteiger partial charge in [0.1, 0.15) is 5.78 Å². The Morgan fingerprint density at radius 2 is 1.77 bits per heavy atom. The molecule has 2 atom stereocenters. The van der Waals surface area contributed by atoms with Crippen LogP contribution in [0.4, 0.5) is 5.69 Å². The van der Waals surface area contributed by atoms with E-state index in [9.17, 15) is 20.0 Å². The highest BCUT2D eigenvalue weighted by Crippen LogP contribution is 2.40. The number of nitrogens with zero attached hydrogens (tertiary/aromatic N) is 1. The van der Waals surface area contributed by atoms with E-state index >= 15 is 0 Å². The standard InChI is InChI=1S/C19H31NO5Si/c1-7-16(21)12-17(22)13-18(25-26(5,6)19(2,3)4)14-8-10-15(11-9-14)20(23)24/h8-11,16,18,21H,7,12-13H2,1-6H3/t16-,18+/m1/s1. The molecule has 0 aliphatic heterocycles. The van der Waals surface area contributed by atoms with Gasteiger partial charge >= 0.3 is 0 Å². The molecule has 26 heavy (non-hydrogen) atoms. The van der Waals surface area contributed by atoms with Crippen molar-refractivity contribution in [1.29, 1.82) is 0 Å². The van der Waals surface area contributed by atoms with Gasteiger partial charge in [-0.2, -0.15) is 0 Å². The van der Waals surface area contributed by atoms with Gasteiger partial charge in [-0.1, -0.05) is 27.7 Å². The van der Waals surface area contributed by atoms with E-state index in [1.54, 1.807) is 12.1 Å². The molecule has 0 fully saturated rings. The Morgan fingerprint density at radius 1 is 1.23 bits per heavy atom. The van der Waals surface area contributed by atoms with Gasteiger partial charge in [0.05, 0.1) is 17.1 Å². The molecule has 1 rings (SSSR count). The fourth-order valence-corrected chi connectivity index (χ4v) is 3.55. The fourth-order valence-electron chi connectivity index (χ4n) is 2.27. The summed E-state index contributed by atoms with van der Waals surface area (Å²) in [6.07, 6.45) is -0.333. The lowest BCUT2D eigenvalue weighted by atomic mass is 10.0. The summed E-state index contributed by atoms with van der Waals surface area (Å²) in [5, 5.41) is 20.6. The van der Waals surface area contributed by atoms with Crippen LogP contribution in [0.15, 0.2) is 24.3 Å². The highest BCUT2D eigenvalue weighted by molar-refractivity contribution is 6.74. The normalized spacial score (nSPS) is 14.7. The van der Waals surface area contributed by atoms with Crippen molar-refractivity contribution in [2.24, 2.45) is 0 Å². The molecule has 0 heterocycles. The second-order valence-corrected chi connectivity index (χ2v) is 13.0. The number of hydrogen-bond donors (Lipinski definition) is 1. The van der Waals surface area contributed by atoms with Crippen molar-refractivity contribution in [3.8, 4) is 0 Å². The predicted octanol–water partition coefficient (Wildman–Crippen LogP) is 4.78. The first kappa shape index (κ1) is 22.5. The van der Waals surface area contributed by atoms with Crippen molar-refractivity contribution in [1.82, 2.24) is 0 Å². The lowest BCUT2D eigenvalue weighted by molar-refractivity contribution is -0.384. The number of aliphatic hydroxyl groups excluding tert-OH is 1. The van der Waals surface area contributed by atoms with Crippen molar-refractivity contribution < 1.29 is 19.3 Å². The SMILES string of the molecule is CC[C@@H](O)CC(=O)C[C@H](O[Si](C)(C)C(C)(C)C)c1ccc([N+](=O)[O-])cc1. The van der Waals surface area contributed by atoms with Crippen LogP contribution in [0.2, 0.25) is 18.1 Å². The van der Waals surface area contributed by atoms with Crippen LogP contribution >= 0.6 is 0 Å². The minimum absolute atomic E-state index is 0.00700. The maximum atomic E-state index is 12.4. The highest BCUT2D eigenvalue weighted by Gasteiger charge is 2.40. The second-order valence-electron chi connectivity index (χ2n) is 8.22. The van der Waals surface area contributed by atoms with E-state index in [1.807, 2.05) is 6.92 Å². The Kier molecular flexibility index (Phi) is 7.67. The summed E-state index contributed by atoms with van der Waals surface area (Å²) < 4.78 is 6.44. The summed E-state index contributed by atoms with van der Waals surface area (Å²) in [6, 6.07) is 6.17. The van der Waals surface area contributed by atoms with Crippen LogP contribution in [0.1, 0.15) is 58.6 Å². The van der Waals surface area contributed by atoms with Crippen molar-refractivity contribution in [3.05, 3.63) is 39.9 Å². The molecule has 6 nitrogen and oxygen atoms in total. The summed E-state index contributed by atoms with van der Waals surface area (Å²) in [6.45, 7) is 12.4. The van der Waals surface area contributed by atoms with Crippen molar-refractivity contribution in [2.45, 2.75) is 77.3 Å². The second kappa shape index (κ2) is 8.88. The van der Waals surface area contributed by atoms with E-state index in [0.29, 0.717) is 6.42 Å². The van der Waals surface area contributed by atoms with Gasteiger partial charge in [0, 0.05) is 25.0 Å². The molecule has 7 heteroatoms. The van der Waals surface area contributed by atoms with E-state index in [4.69, 9.17) is 4.43 Å². The van der Waals surface area contributed by atoms with Crippen LogP contribution in [0, 0.1) is 10.1 Å². The number of Topliss-reactive ketones (excluding diaryl/α,β-unsaturated/α-hetero) is 1. The van der Waals surface area contributed by atoms with Gasteiger partial charge in [0.2, 0.25) is 0 Å². The predicted molar refractivity (Wildman–Crippen MR) is 105 cm³/mol. The molecule has 0 saturated heterocycles. The Bertz CT molecular complexity index is 622. The molecule has 0 spiro atoms. The zero-order chi connectivity index (χ0) is 20.1. The van der Waals surface area contributed by atoms with Crippen LogP contribution in [0.25, 0.3) is 0 Å². The minimum atomic E-state index is -2.15. The average Bonchev–Trinajstić information content (AvgIpc) is 2.52. The van der Waals surface area contributed by atoms with Crippen molar-refractivity contribution >= 4 is 19.8 Å². The molecule has 0 bridgehead atoms. The third-order valence-electron chi connectivity index (χ3n) is 5.07. The average molecular weight is 382 g/mol. The molecule has 0 unspecified atom stereocenters. The Hall–Kier alpha value is -1.57. The summed E-state index contributed by atoms with van der Waals surface area (Å²) >= 11 is 0. The first-order chi connectivity index (χ1) is 11.9. The topological polar surface area (TPSA) is 89.7 Å². The molecule has 1 aromatic rings. The minimum Gasteiger partial charge on any atom is -0.409 e. The lowest BCUT2D eigenvalue weighted by Gasteiger charge is -2.39. The Balaban J connectivity index is 3.08. The van der Waals surface area contributed by atoms with E-state index in [-0.39, 0.29) is 29.4 Å². The molecule has 0 radical (unpaired) electrons. The van der Waals surface area contributed by atoms with Gasteiger partial charge in [-0.25, -0.2) is 0 Å². The maximum Gasteiger partial charge on any atom is 0.269 e. The molecular formula is C19H31NO5Si. The van der Waals surface area contributed by atoms with Gasteiger partial charge in [0.25, 0.3) is 5.69 Å². The molecule has 0 aliphatic rings. The summed E-state index contributed by atoms with van der Waals surface area (Å²) in [5.41, 5.74) is 0.757. The molecule has 0 aliphatic carbocycles. The molecule has 146 valence electrons. The van der Waals surface area contributed by atoms with E-state index in [1.165, 1.54) is 12.1 Å². The third kappa shape index (κ3) is 6.30. The number of aliphatic hydroxyl groups is 1. The van der Waals surface area contributed by atoms with Gasteiger partial charge < -0.3 is 9.53 Å². The monoisotopic (exact) mass is 381 g/mol. The zero-order valence-corrected chi connectivity index (χ0v) is 17.6. The molecule has 0 amide bonds. The number of nitro benzene ring substituents is 1. The van der Waals surface area contributed by atoms with E-state index in [2.05, 4.69) is 33.9 Å².